The molecule has 1 unspecified atom stereocenters. The molecule has 5 heteroatoms. The molecule has 1 atom stereocenters. The molecule has 1 aromatic heterocycles. The first kappa shape index (κ1) is 11.1. The van der Waals surface area contributed by atoms with Gasteiger partial charge in [-0.1, -0.05) is 0 Å². The van der Waals surface area contributed by atoms with E-state index >= 15 is 0 Å². The SMILES string of the molecule is Cc1nc(I)cc(N2CCOCC2C)n1. The summed E-state index contributed by atoms with van der Waals surface area (Å²) in [6.45, 7) is 6.55. The van der Waals surface area contributed by atoms with Gasteiger partial charge in [-0.15, -0.1) is 0 Å². The summed E-state index contributed by atoms with van der Waals surface area (Å²) in [6, 6.07) is 2.42. The Hall–Kier alpha value is -0.430. The van der Waals surface area contributed by atoms with E-state index in [2.05, 4.69) is 44.4 Å². The quantitative estimate of drug-likeness (QED) is 0.582. The van der Waals surface area contributed by atoms with Crippen molar-refractivity contribution in [2.75, 3.05) is 24.7 Å². The summed E-state index contributed by atoms with van der Waals surface area (Å²) in [5, 5.41) is 0. The fraction of sp³-hybridized carbons (Fsp3) is 0.600. The van der Waals surface area contributed by atoms with Crippen molar-refractivity contribution in [2.45, 2.75) is 19.9 Å². The summed E-state index contributed by atoms with van der Waals surface area (Å²) in [4.78, 5) is 11.0. The smallest absolute Gasteiger partial charge is 0.133 e. The highest BCUT2D eigenvalue weighted by Gasteiger charge is 2.20. The van der Waals surface area contributed by atoms with Crippen LogP contribution in [-0.4, -0.2) is 35.8 Å². The number of hydrogen-bond acceptors (Lipinski definition) is 4. The molecule has 82 valence electrons. The van der Waals surface area contributed by atoms with Gasteiger partial charge in [0.05, 0.1) is 19.3 Å². The predicted molar refractivity (Wildman–Crippen MR) is 67.1 cm³/mol. The maximum atomic E-state index is 5.41. The van der Waals surface area contributed by atoms with Gasteiger partial charge in [-0.2, -0.15) is 0 Å². The molecule has 1 aliphatic heterocycles. The van der Waals surface area contributed by atoms with E-state index in [9.17, 15) is 0 Å². The third kappa shape index (κ3) is 2.57. The third-order valence-corrected chi connectivity index (χ3v) is 3.01. The first-order valence-electron chi connectivity index (χ1n) is 5.02. The van der Waals surface area contributed by atoms with Crippen molar-refractivity contribution in [1.82, 2.24) is 9.97 Å². The van der Waals surface area contributed by atoms with Gasteiger partial charge in [-0.3, -0.25) is 0 Å². The van der Waals surface area contributed by atoms with E-state index in [1.165, 1.54) is 0 Å². The second-order valence-corrected chi connectivity index (χ2v) is 4.82. The van der Waals surface area contributed by atoms with Gasteiger partial charge in [0.1, 0.15) is 15.3 Å². The Kier molecular flexibility index (Phi) is 3.40. The first-order valence-corrected chi connectivity index (χ1v) is 6.10. The number of hydrogen-bond donors (Lipinski definition) is 0. The van der Waals surface area contributed by atoms with Crippen LogP contribution in [0.3, 0.4) is 0 Å². The Morgan fingerprint density at radius 3 is 3.00 bits per heavy atom. The molecule has 0 spiro atoms. The van der Waals surface area contributed by atoms with Gasteiger partial charge in [0.15, 0.2) is 0 Å². The Morgan fingerprint density at radius 1 is 1.53 bits per heavy atom. The number of halogens is 1. The lowest BCUT2D eigenvalue weighted by Gasteiger charge is -2.34. The van der Waals surface area contributed by atoms with Gasteiger partial charge in [0.2, 0.25) is 0 Å². The highest BCUT2D eigenvalue weighted by Crippen LogP contribution is 2.18. The second kappa shape index (κ2) is 4.61. The molecule has 1 aliphatic rings. The zero-order chi connectivity index (χ0) is 10.8. The van der Waals surface area contributed by atoms with E-state index in [1.54, 1.807) is 0 Å². The molecule has 2 heterocycles. The Bertz CT molecular complexity index is 338. The Labute approximate surface area is 103 Å². The van der Waals surface area contributed by atoms with Gasteiger partial charge < -0.3 is 9.64 Å². The maximum absolute atomic E-state index is 5.41. The molecular weight excluding hydrogens is 305 g/mol. The minimum atomic E-state index is 0.392. The van der Waals surface area contributed by atoms with Crippen molar-refractivity contribution in [2.24, 2.45) is 0 Å². The largest absolute Gasteiger partial charge is 0.377 e. The molecule has 1 saturated heterocycles. The van der Waals surface area contributed by atoms with Gasteiger partial charge in [-0.25, -0.2) is 9.97 Å². The van der Waals surface area contributed by atoms with Gasteiger partial charge >= 0.3 is 0 Å². The first-order chi connectivity index (χ1) is 7.16. The van der Waals surface area contributed by atoms with Crippen molar-refractivity contribution in [3.05, 3.63) is 15.6 Å². The number of aryl methyl sites for hydroxylation is 1. The molecule has 4 nitrogen and oxygen atoms in total. The van der Waals surface area contributed by atoms with Crippen LogP contribution in [0.25, 0.3) is 0 Å². The average molecular weight is 319 g/mol. The van der Waals surface area contributed by atoms with Crippen LogP contribution in [0.1, 0.15) is 12.7 Å². The van der Waals surface area contributed by atoms with Crippen molar-refractivity contribution in [1.29, 1.82) is 0 Å². The number of morpholine rings is 1. The van der Waals surface area contributed by atoms with E-state index in [0.717, 1.165) is 35.1 Å². The van der Waals surface area contributed by atoms with Crippen molar-refractivity contribution < 1.29 is 4.74 Å². The molecule has 0 amide bonds. The Morgan fingerprint density at radius 2 is 2.33 bits per heavy atom. The topological polar surface area (TPSA) is 38.2 Å². The van der Waals surface area contributed by atoms with Gasteiger partial charge in [0, 0.05) is 12.6 Å². The zero-order valence-corrected chi connectivity index (χ0v) is 11.1. The lowest BCUT2D eigenvalue weighted by atomic mass is 10.2. The summed E-state index contributed by atoms with van der Waals surface area (Å²) >= 11 is 2.23. The molecule has 0 bridgehead atoms. The highest BCUT2D eigenvalue weighted by molar-refractivity contribution is 14.1. The summed E-state index contributed by atoms with van der Waals surface area (Å²) in [5.74, 6) is 1.85. The van der Waals surface area contributed by atoms with Crippen LogP contribution in [-0.2, 0) is 4.74 Å². The number of ether oxygens (including phenoxy) is 1. The fourth-order valence-electron chi connectivity index (χ4n) is 1.73. The third-order valence-electron chi connectivity index (χ3n) is 2.46. The number of nitrogens with zero attached hydrogens (tertiary/aromatic N) is 3. The predicted octanol–water partition coefficient (Wildman–Crippen LogP) is 1.61. The number of rotatable bonds is 1. The summed E-state index contributed by atoms with van der Waals surface area (Å²) < 4.78 is 6.40. The van der Waals surface area contributed by atoms with Crippen molar-refractivity contribution >= 4 is 28.4 Å². The van der Waals surface area contributed by atoms with Crippen LogP contribution in [0.2, 0.25) is 0 Å². The monoisotopic (exact) mass is 319 g/mol. The van der Waals surface area contributed by atoms with Crippen molar-refractivity contribution in [3.63, 3.8) is 0 Å². The lowest BCUT2D eigenvalue weighted by molar-refractivity contribution is 0.0985. The molecule has 0 saturated carbocycles. The molecule has 2 rings (SSSR count). The van der Waals surface area contributed by atoms with E-state index in [4.69, 9.17) is 4.74 Å². The molecular formula is C10H14IN3O. The van der Waals surface area contributed by atoms with Crippen LogP contribution >= 0.6 is 22.6 Å². The molecule has 1 aromatic rings. The number of anilines is 1. The maximum Gasteiger partial charge on any atom is 0.133 e. The molecule has 1 fully saturated rings. The molecule has 0 N–H and O–H groups in total. The van der Waals surface area contributed by atoms with Crippen LogP contribution in [0.15, 0.2) is 6.07 Å². The van der Waals surface area contributed by atoms with Crippen molar-refractivity contribution in [3.8, 4) is 0 Å². The molecule has 15 heavy (non-hydrogen) atoms. The lowest BCUT2D eigenvalue weighted by Crippen LogP contribution is -2.44. The van der Waals surface area contributed by atoms with E-state index in [-0.39, 0.29) is 0 Å². The second-order valence-electron chi connectivity index (χ2n) is 3.71. The normalized spacial score (nSPS) is 21.8. The summed E-state index contributed by atoms with van der Waals surface area (Å²) in [7, 11) is 0. The van der Waals surface area contributed by atoms with E-state index in [0.29, 0.717) is 6.04 Å². The molecule has 0 aromatic carbocycles. The fourth-order valence-corrected chi connectivity index (χ4v) is 2.36. The summed E-state index contributed by atoms with van der Waals surface area (Å²) in [5.41, 5.74) is 0. The molecule has 0 radical (unpaired) electrons. The number of aromatic nitrogens is 2. The van der Waals surface area contributed by atoms with E-state index in [1.807, 2.05) is 13.0 Å². The van der Waals surface area contributed by atoms with Crippen LogP contribution in [0.5, 0.6) is 0 Å². The summed E-state index contributed by atoms with van der Waals surface area (Å²) in [6.07, 6.45) is 0. The van der Waals surface area contributed by atoms with Crippen LogP contribution in [0, 0.1) is 10.6 Å². The minimum Gasteiger partial charge on any atom is -0.377 e. The van der Waals surface area contributed by atoms with E-state index < -0.39 is 0 Å². The standard InChI is InChI=1S/C10H14IN3O/c1-7-6-15-4-3-14(7)10-5-9(11)12-8(2)13-10/h5,7H,3-4,6H2,1-2H3. The van der Waals surface area contributed by atoms with Crippen LogP contribution in [0.4, 0.5) is 5.82 Å². The zero-order valence-electron chi connectivity index (χ0n) is 8.90. The molecule has 0 aliphatic carbocycles. The highest BCUT2D eigenvalue weighted by atomic mass is 127. The Balaban J connectivity index is 2.27. The van der Waals surface area contributed by atoms with Gasteiger partial charge in [-0.05, 0) is 36.4 Å². The van der Waals surface area contributed by atoms with Gasteiger partial charge in [0.25, 0.3) is 0 Å². The minimum absolute atomic E-state index is 0.392. The van der Waals surface area contributed by atoms with Crippen LogP contribution < -0.4 is 4.90 Å². The average Bonchev–Trinajstić information content (AvgIpc) is 2.16.